The van der Waals surface area contributed by atoms with Crippen molar-refractivity contribution < 1.29 is 14.4 Å². The number of carbonyl (C=O) groups excluding carboxylic acids is 3. The van der Waals surface area contributed by atoms with Gasteiger partial charge in [0, 0.05) is 36.2 Å². The minimum absolute atomic E-state index is 0.0589. The van der Waals surface area contributed by atoms with Gasteiger partial charge in [-0.15, -0.1) is 5.10 Å². The lowest BCUT2D eigenvalue weighted by molar-refractivity contribution is -0.132. The summed E-state index contributed by atoms with van der Waals surface area (Å²) in [4.78, 5) is 37.5. The molecule has 0 unspecified atom stereocenters. The van der Waals surface area contributed by atoms with Gasteiger partial charge in [-0.05, 0) is 12.8 Å². The molecule has 4 rings (SSSR count). The minimum Gasteiger partial charge on any atom is -0.339 e. The molecular weight excluding hydrogens is 368 g/mol. The van der Waals surface area contributed by atoms with E-state index in [4.69, 9.17) is 0 Å². The molecule has 0 aromatic carbocycles. The Hall–Kier alpha value is -2.10. The van der Waals surface area contributed by atoms with E-state index in [1.165, 1.54) is 36.8 Å². The van der Waals surface area contributed by atoms with Gasteiger partial charge in [0.2, 0.25) is 5.91 Å². The van der Waals surface area contributed by atoms with E-state index in [1.54, 1.807) is 6.20 Å². The molecule has 146 valence electrons. The predicted molar refractivity (Wildman–Crippen MR) is 99.0 cm³/mol. The maximum atomic E-state index is 12.7. The van der Waals surface area contributed by atoms with Crippen LogP contribution in [0.25, 0.3) is 0 Å². The first-order chi connectivity index (χ1) is 13.0. The van der Waals surface area contributed by atoms with E-state index in [-0.39, 0.29) is 29.5 Å². The van der Waals surface area contributed by atoms with Crippen LogP contribution >= 0.6 is 11.8 Å². The van der Waals surface area contributed by atoms with Crippen molar-refractivity contribution in [1.82, 2.24) is 30.5 Å². The largest absolute Gasteiger partial charge is 0.339 e. The molecule has 1 aromatic heterocycles. The van der Waals surface area contributed by atoms with Crippen molar-refractivity contribution in [2.45, 2.75) is 55.9 Å². The fourth-order valence-electron chi connectivity index (χ4n) is 4.12. The van der Waals surface area contributed by atoms with E-state index in [1.807, 2.05) is 16.7 Å². The van der Waals surface area contributed by atoms with Gasteiger partial charge in [0.05, 0.1) is 5.69 Å². The number of hydrogen-bond acceptors (Lipinski definition) is 6. The molecule has 3 heterocycles. The molecule has 1 atom stereocenters. The van der Waals surface area contributed by atoms with Crippen LogP contribution < -0.4 is 10.6 Å². The van der Waals surface area contributed by atoms with Gasteiger partial charge >= 0.3 is 6.03 Å². The topological polar surface area (TPSA) is 109 Å². The van der Waals surface area contributed by atoms with Crippen LogP contribution in [0.1, 0.15) is 37.8 Å². The molecule has 10 heteroatoms. The van der Waals surface area contributed by atoms with Crippen molar-refractivity contribution in [3.8, 4) is 0 Å². The third-order valence-corrected chi connectivity index (χ3v) is 7.06. The van der Waals surface area contributed by atoms with Crippen LogP contribution in [-0.4, -0.2) is 67.4 Å². The molecule has 27 heavy (non-hydrogen) atoms. The average Bonchev–Trinajstić information content (AvgIpc) is 3.21. The molecule has 1 aliphatic carbocycles. The Morgan fingerprint density at radius 2 is 2.11 bits per heavy atom. The van der Waals surface area contributed by atoms with Gasteiger partial charge in [-0.1, -0.05) is 24.5 Å². The van der Waals surface area contributed by atoms with Crippen molar-refractivity contribution in [2.24, 2.45) is 0 Å². The van der Waals surface area contributed by atoms with Crippen LogP contribution in [0.3, 0.4) is 0 Å². The Kier molecular flexibility index (Phi) is 5.07. The molecule has 3 aliphatic rings. The third-order valence-electron chi connectivity index (χ3n) is 5.52. The fraction of sp³-hybridized carbons (Fsp3) is 0.706. The number of nitrogens with one attached hydrogen (secondary N) is 2. The summed E-state index contributed by atoms with van der Waals surface area (Å²) in [6.45, 7) is 1.75. The molecule has 1 saturated carbocycles. The highest BCUT2D eigenvalue weighted by Crippen LogP contribution is 2.42. The number of rotatable bonds is 4. The first kappa shape index (κ1) is 18.3. The highest BCUT2D eigenvalue weighted by atomic mass is 32.2. The number of aromatic nitrogens is 3. The summed E-state index contributed by atoms with van der Waals surface area (Å²) >= 11 is 2.04. The first-order valence-corrected chi connectivity index (χ1v) is 10.4. The monoisotopic (exact) mass is 392 g/mol. The van der Waals surface area contributed by atoms with Crippen LogP contribution in [0.5, 0.6) is 0 Å². The van der Waals surface area contributed by atoms with Crippen molar-refractivity contribution >= 4 is 29.6 Å². The highest BCUT2D eigenvalue weighted by molar-refractivity contribution is 8.00. The maximum absolute atomic E-state index is 12.7. The maximum Gasteiger partial charge on any atom is 0.322 e. The van der Waals surface area contributed by atoms with E-state index in [0.29, 0.717) is 5.69 Å². The lowest BCUT2D eigenvalue weighted by atomic mass is 9.87. The summed E-state index contributed by atoms with van der Waals surface area (Å²) in [5.74, 6) is 0.683. The molecule has 4 amide bonds. The predicted octanol–water partition coefficient (Wildman–Crippen LogP) is 0.307. The van der Waals surface area contributed by atoms with Crippen molar-refractivity contribution in [1.29, 1.82) is 0 Å². The van der Waals surface area contributed by atoms with E-state index in [2.05, 4.69) is 20.9 Å². The van der Waals surface area contributed by atoms with Crippen LogP contribution in [0.2, 0.25) is 0 Å². The SMILES string of the molecule is O=C1NC(=O)[C@H](Cc2cn(CC(=O)N3CCSC4(CCCCC4)C3)nn2)N1. The zero-order valence-electron chi connectivity index (χ0n) is 15.1. The Labute approximate surface area is 161 Å². The van der Waals surface area contributed by atoms with Crippen molar-refractivity contribution in [3.63, 3.8) is 0 Å². The summed E-state index contributed by atoms with van der Waals surface area (Å²) in [6, 6.07) is -1.13. The minimum atomic E-state index is -0.636. The molecule has 3 fully saturated rings. The second-order valence-corrected chi connectivity index (χ2v) is 9.10. The summed E-state index contributed by atoms with van der Waals surface area (Å²) < 4.78 is 1.76. The fourth-order valence-corrected chi connectivity index (χ4v) is 5.69. The number of hydrogen-bond donors (Lipinski definition) is 2. The van der Waals surface area contributed by atoms with Gasteiger partial charge in [0.15, 0.2) is 0 Å². The van der Waals surface area contributed by atoms with Crippen LogP contribution in [0.15, 0.2) is 6.20 Å². The lowest BCUT2D eigenvalue weighted by Gasteiger charge is -2.44. The van der Waals surface area contributed by atoms with Gasteiger partial charge in [-0.3, -0.25) is 14.9 Å². The van der Waals surface area contributed by atoms with E-state index in [9.17, 15) is 14.4 Å². The molecule has 1 aromatic rings. The molecule has 2 N–H and O–H groups in total. The third kappa shape index (κ3) is 4.10. The number of nitrogens with zero attached hydrogens (tertiary/aromatic N) is 4. The molecule has 0 bridgehead atoms. The molecule has 9 nitrogen and oxygen atoms in total. The second kappa shape index (κ2) is 7.49. The molecule has 2 saturated heterocycles. The number of thioether (sulfide) groups is 1. The summed E-state index contributed by atoms with van der Waals surface area (Å²) in [7, 11) is 0. The number of amides is 4. The Morgan fingerprint density at radius 3 is 2.85 bits per heavy atom. The Morgan fingerprint density at radius 1 is 1.30 bits per heavy atom. The molecule has 1 spiro atoms. The summed E-state index contributed by atoms with van der Waals surface area (Å²) in [5.41, 5.74) is 0.572. The smallest absolute Gasteiger partial charge is 0.322 e. The average molecular weight is 392 g/mol. The summed E-state index contributed by atoms with van der Waals surface area (Å²) in [6.07, 6.45) is 8.14. The Balaban J connectivity index is 1.34. The number of imide groups is 1. The standard InChI is InChI=1S/C17H24N6O3S/c24-14(22-6-7-27-17(11-22)4-2-1-3-5-17)10-23-9-12(20-21-23)8-13-15(25)19-16(26)18-13/h9,13H,1-8,10-11H2,(H2,18,19,25,26)/t13-/m0/s1. The molecular formula is C17H24N6O3S. The zero-order chi connectivity index (χ0) is 18.9. The van der Waals surface area contributed by atoms with Gasteiger partial charge in [-0.2, -0.15) is 11.8 Å². The van der Waals surface area contributed by atoms with E-state index in [0.717, 1.165) is 18.8 Å². The number of carbonyl (C=O) groups is 3. The number of urea groups is 1. The second-order valence-electron chi connectivity index (χ2n) is 7.53. The van der Waals surface area contributed by atoms with Crippen LogP contribution in [0, 0.1) is 0 Å². The first-order valence-electron chi connectivity index (χ1n) is 9.45. The van der Waals surface area contributed by atoms with Crippen molar-refractivity contribution in [2.75, 3.05) is 18.8 Å². The van der Waals surface area contributed by atoms with Crippen molar-refractivity contribution in [3.05, 3.63) is 11.9 Å². The van der Waals surface area contributed by atoms with Gasteiger partial charge in [0.25, 0.3) is 5.91 Å². The quantitative estimate of drug-likeness (QED) is 0.714. The van der Waals surface area contributed by atoms with Gasteiger partial charge < -0.3 is 10.2 Å². The Bertz CT molecular complexity index is 739. The van der Waals surface area contributed by atoms with Gasteiger partial charge in [0.1, 0.15) is 12.6 Å². The molecule has 2 aliphatic heterocycles. The van der Waals surface area contributed by atoms with Crippen LogP contribution in [-0.2, 0) is 22.6 Å². The van der Waals surface area contributed by atoms with Crippen LogP contribution in [0.4, 0.5) is 4.79 Å². The zero-order valence-corrected chi connectivity index (χ0v) is 16.0. The normalized spacial score (nSPS) is 24.7. The van der Waals surface area contributed by atoms with E-state index >= 15 is 0 Å². The van der Waals surface area contributed by atoms with E-state index < -0.39 is 12.1 Å². The summed E-state index contributed by atoms with van der Waals surface area (Å²) in [5, 5.41) is 12.8. The van der Waals surface area contributed by atoms with Gasteiger partial charge in [-0.25, -0.2) is 9.48 Å². The highest BCUT2D eigenvalue weighted by Gasteiger charge is 2.38. The lowest BCUT2D eigenvalue weighted by Crippen LogP contribution is -2.50. The molecule has 0 radical (unpaired) electrons.